The van der Waals surface area contributed by atoms with Gasteiger partial charge in [-0.3, -0.25) is 0 Å². The Morgan fingerprint density at radius 3 is 1.75 bits per heavy atom. The van der Waals surface area contributed by atoms with E-state index in [9.17, 15) is 17.6 Å². The van der Waals surface area contributed by atoms with Crippen molar-refractivity contribution in [3.8, 4) is 0 Å². The Morgan fingerprint density at radius 1 is 0.938 bits per heavy atom. The van der Waals surface area contributed by atoms with Crippen LogP contribution >= 0.6 is 0 Å². The number of aromatic nitrogens is 1. The normalized spacial score (nSPS) is 13.0. The lowest BCUT2D eigenvalue weighted by Gasteiger charge is -2.19. The summed E-state index contributed by atoms with van der Waals surface area (Å²) in [5.74, 6) is -6.27. The SMILES string of the molecule is CC(C)[C@@H](C)Nc1c(F)c(F)nc(F)c1F. The van der Waals surface area contributed by atoms with E-state index in [1.54, 1.807) is 20.8 Å². The van der Waals surface area contributed by atoms with Crippen LogP contribution in [0.25, 0.3) is 0 Å². The molecule has 0 unspecified atom stereocenters. The van der Waals surface area contributed by atoms with Gasteiger partial charge in [0.15, 0.2) is 0 Å². The zero-order valence-electron chi connectivity index (χ0n) is 9.11. The number of rotatable bonds is 3. The predicted octanol–water partition coefficient (Wildman–Crippen LogP) is 3.09. The van der Waals surface area contributed by atoms with Crippen LogP contribution in [0, 0.1) is 29.4 Å². The molecule has 1 aromatic heterocycles. The topological polar surface area (TPSA) is 24.9 Å². The molecule has 0 radical (unpaired) electrons. The third-order valence-corrected chi connectivity index (χ3v) is 2.37. The molecule has 0 aliphatic heterocycles. The fourth-order valence-electron chi connectivity index (χ4n) is 1.01. The van der Waals surface area contributed by atoms with E-state index in [-0.39, 0.29) is 12.0 Å². The second-order valence-corrected chi connectivity index (χ2v) is 3.87. The van der Waals surface area contributed by atoms with Crippen molar-refractivity contribution >= 4 is 5.69 Å². The molecule has 1 atom stereocenters. The molecule has 0 aliphatic carbocycles. The first kappa shape index (κ1) is 12.7. The lowest BCUT2D eigenvalue weighted by molar-refractivity contribution is 0.408. The second-order valence-electron chi connectivity index (χ2n) is 3.87. The van der Waals surface area contributed by atoms with Crippen LogP contribution in [0.15, 0.2) is 0 Å². The maximum absolute atomic E-state index is 13.2. The minimum Gasteiger partial charge on any atom is -0.377 e. The Balaban J connectivity index is 3.12. The molecular weight excluding hydrogens is 224 g/mol. The molecule has 16 heavy (non-hydrogen) atoms. The smallest absolute Gasteiger partial charge is 0.253 e. The van der Waals surface area contributed by atoms with Crippen molar-refractivity contribution < 1.29 is 17.6 Å². The Labute approximate surface area is 90.7 Å². The average Bonchev–Trinajstić information content (AvgIpc) is 2.21. The van der Waals surface area contributed by atoms with Gasteiger partial charge in [-0.15, -0.1) is 0 Å². The van der Waals surface area contributed by atoms with Crippen LogP contribution in [0.3, 0.4) is 0 Å². The molecule has 2 nitrogen and oxygen atoms in total. The molecule has 6 heteroatoms. The lowest BCUT2D eigenvalue weighted by atomic mass is 10.1. The first-order valence-corrected chi connectivity index (χ1v) is 4.81. The van der Waals surface area contributed by atoms with Gasteiger partial charge in [-0.2, -0.15) is 22.5 Å². The number of halogens is 4. The highest BCUT2D eigenvalue weighted by atomic mass is 19.2. The fourth-order valence-corrected chi connectivity index (χ4v) is 1.01. The molecule has 0 amide bonds. The summed E-state index contributed by atoms with van der Waals surface area (Å²) in [5, 5.41) is 2.39. The van der Waals surface area contributed by atoms with Gasteiger partial charge in [0.25, 0.3) is 11.9 Å². The molecule has 0 bridgehead atoms. The molecule has 1 aromatic rings. The highest BCUT2D eigenvalue weighted by molar-refractivity contribution is 5.46. The maximum atomic E-state index is 13.2. The summed E-state index contributed by atoms with van der Waals surface area (Å²) < 4.78 is 51.8. The van der Waals surface area contributed by atoms with Gasteiger partial charge in [0.05, 0.1) is 0 Å². The predicted molar refractivity (Wildman–Crippen MR) is 52.0 cm³/mol. The highest BCUT2D eigenvalue weighted by Gasteiger charge is 2.22. The van der Waals surface area contributed by atoms with Crippen molar-refractivity contribution in [2.75, 3.05) is 5.32 Å². The Bertz CT molecular complexity index is 367. The highest BCUT2D eigenvalue weighted by Crippen LogP contribution is 2.23. The van der Waals surface area contributed by atoms with E-state index in [1.807, 2.05) is 0 Å². The van der Waals surface area contributed by atoms with Crippen LogP contribution in [0.1, 0.15) is 20.8 Å². The molecule has 0 saturated heterocycles. The Hall–Kier alpha value is -1.33. The van der Waals surface area contributed by atoms with Crippen LogP contribution in [-0.4, -0.2) is 11.0 Å². The summed E-state index contributed by atoms with van der Waals surface area (Å²) in [4.78, 5) is 2.46. The van der Waals surface area contributed by atoms with Crippen molar-refractivity contribution in [3.63, 3.8) is 0 Å². The standard InChI is InChI=1S/C10H12F4N2/c1-4(2)5(3)15-8-6(11)9(13)16-10(14)7(8)12/h4-5H,1-3H3,(H,15,16)/t5-/m1/s1. The molecule has 0 fully saturated rings. The summed E-state index contributed by atoms with van der Waals surface area (Å²) in [7, 11) is 0. The van der Waals surface area contributed by atoms with E-state index in [0.29, 0.717) is 0 Å². The summed E-state index contributed by atoms with van der Waals surface area (Å²) in [6.07, 6.45) is 0. The van der Waals surface area contributed by atoms with Crippen LogP contribution in [-0.2, 0) is 0 Å². The molecule has 90 valence electrons. The zero-order valence-corrected chi connectivity index (χ0v) is 9.11. The van der Waals surface area contributed by atoms with Gasteiger partial charge in [-0.1, -0.05) is 13.8 Å². The number of nitrogens with one attached hydrogen (secondary N) is 1. The molecular formula is C10H12F4N2. The summed E-state index contributed by atoms with van der Waals surface area (Å²) in [6, 6.07) is -0.329. The van der Waals surface area contributed by atoms with Crippen molar-refractivity contribution in [1.29, 1.82) is 0 Å². The van der Waals surface area contributed by atoms with Gasteiger partial charge in [0, 0.05) is 6.04 Å². The third kappa shape index (κ3) is 2.43. The monoisotopic (exact) mass is 236 g/mol. The van der Waals surface area contributed by atoms with Crippen LogP contribution in [0.5, 0.6) is 0 Å². The van der Waals surface area contributed by atoms with E-state index in [0.717, 1.165) is 0 Å². The molecule has 1 heterocycles. The lowest BCUT2D eigenvalue weighted by Crippen LogP contribution is -2.24. The zero-order chi connectivity index (χ0) is 12.5. The van der Waals surface area contributed by atoms with Crippen LogP contribution in [0.2, 0.25) is 0 Å². The quantitative estimate of drug-likeness (QED) is 0.644. The summed E-state index contributed by atoms with van der Waals surface area (Å²) >= 11 is 0. The van der Waals surface area contributed by atoms with Crippen LogP contribution in [0.4, 0.5) is 23.2 Å². The number of anilines is 1. The summed E-state index contributed by atoms with van der Waals surface area (Å²) in [6.45, 7) is 5.27. The molecule has 0 aromatic carbocycles. The fraction of sp³-hybridized carbons (Fsp3) is 0.500. The van der Waals surface area contributed by atoms with E-state index in [1.165, 1.54) is 0 Å². The molecule has 0 spiro atoms. The molecule has 0 saturated carbocycles. The van der Waals surface area contributed by atoms with Gasteiger partial charge in [0.2, 0.25) is 11.6 Å². The molecule has 0 aliphatic rings. The number of hydrogen-bond acceptors (Lipinski definition) is 2. The third-order valence-electron chi connectivity index (χ3n) is 2.37. The average molecular weight is 236 g/mol. The first-order chi connectivity index (χ1) is 7.34. The van der Waals surface area contributed by atoms with Crippen LogP contribution < -0.4 is 5.32 Å². The van der Waals surface area contributed by atoms with Gasteiger partial charge in [0.1, 0.15) is 5.69 Å². The van der Waals surface area contributed by atoms with Gasteiger partial charge < -0.3 is 5.32 Å². The number of pyridine rings is 1. The van der Waals surface area contributed by atoms with Gasteiger partial charge in [-0.25, -0.2) is 0 Å². The van der Waals surface area contributed by atoms with E-state index in [4.69, 9.17) is 0 Å². The second kappa shape index (κ2) is 4.67. The first-order valence-electron chi connectivity index (χ1n) is 4.81. The van der Waals surface area contributed by atoms with Gasteiger partial charge in [-0.05, 0) is 12.8 Å². The Kier molecular flexibility index (Phi) is 3.72. The van der Waals surface area contributed by atoms with Crippen molar-refractivity contribution in [1.82, 2.24) is 4.98 Å². The minimum atomic E-state index is -1.66. The van der Waals surface area contributed by atoms with E-state index < -0.39 is 29.2 Å². The summed E-state index contributed by atoms with van der Waals surface area (Å²) in [5.41, 5.74) is -0.814. The molecule has 1 N–H and O–H groups in total. The Morgan fingerprint density at radius 2 is 1.38 bits per heavy atom. The maximum Gasteiger partial charge on any atom is 0.253 e. The van der Waals surface area contributed by atoms with Crippen molar-refractivity contribution in [3.05, 3.63) is 23.5 Å². The minimum absolute atomic E-state index is 0.0538. The number of nitrogens with zero attached hydrogens (tertiary/aromatic N) is 1. The molecule has 1 rings (SSSR count). The van der Waals surface area contributed by atoms with Crippen molar-refractivity contribution in [2.24, 2.45) is 5.92 Å². The number of hydrogen-bond donors (Lipinski definition) is 1. The van der Waals surface area contributed by atoms with Gasteiger partial charge >= 0.3 is 0 Å². The van der Waals surface area contributed by atoms with E-state index in [2.05, 4.69) is 10.3 Å². The largest absolute Gasteiger partial charge is 0.377 e. The van der Waals surface area contributed by atoms with E-state index >= 15 is 0 Å². The van der Waals surface area contributed by atoms with Crippen molar-refractivity contribution in [2.45, 2.75) is 26.8 Å².